The van der Waals surface area contributed by atoms with Gasteiger partial charge in [-0.05, 0) is 30.0 Å². The van der Waals surface area contributed by atoms with E-state index in [2.05, 4.69) is 17.1 Å². The van der Waals surface area contributed by atoms with Crippen LogP contribution in [0.4, 0.5) is 0 Å². The molecule has 1 aliphatic carbocycles. The van der Waals surface area contributed by atoms with Crippen LogP contribution in [-0.4, -0.2) is 12.7 Å². The molecule has 1 aliphatic heterocycles. The van der Waals surface area contributed by atoms with Crippen molar-refractivity contribution in [2.75, 3.05) is 6.61 Å². The molecule has 0 spiro atoms. The van der Waals surface area contributed by atoms with Crippen molar-refractivity contribution >= 4 is 6.08 Å². The minimum absolute atomic E-state index is 0.275. The zero-order valence-corrected chi connectivity index (χ0v) is 8.32. The van der Waals surface area contributed by atoms with Crippen LogP contribution in [-0.2, 0) is 16.8 Å². The second-order valence-corrected chi connectivity index (χ2v) is 4.16. The molecular weight excluding hydrogens is 190 g/mol. The van der Waals surface area contributed by atoms with Gasteiger partial charge in [0.15, 0.2) is 0 Å². The zero-order valence-electron chi connectivity index (χ0n) is 8.32. The van der Waals surface area contributed by atoms with Gasteiger partial charge in [-0.15, -0.1) is 0 Å². The van der Waals surface area contributed by atoms with Crippen LogP contribution in [0.2, 0.25) is 0 Å². The van der Waals surface area contributed by atoms with Crippen LogP contribution >= 0.6 is 0 Å². The normalized spacial score (nSPS) is 20.0. The molecule has 3 rings (SSSR count). The highest BCUT2D eigenvalue weighted by Gasteiger charge is 2.45. The molecule has 1 heterocycles. The number of hydrogen-bond acceptors (Lipinski definition) is 3. The molecule has 0 N–H and O–H groups in total. The first-order valence-corrected chi connectivity index (χ1v) is 5.19. The molecule has 0 bridgehead atoms. The zero-order chi connectivity index (χ0) is 10.3. The Hall–Kier alpha value is -1.60. The molecule has 1 aromatic carbocycles. The highest BCUT2D eigenvalue weighted by Crippen LogP contribution is 2.50. The lowest BCUT2D eigenvalue weighted by atomic mass is 10.0. The van der Waals surface area contributed by atoms with Gasteiger partial charge in [-0.2, -0.15) is 4.99 Å². The fourth-order valence-corrected chi connectivity index (χ4v) is 2.13. The highest BCUT2D eigenvalue weighted by atomic mass is 16.5. The first-order chi connectivity index (χ1) is 7.34. The summed E-state index contributed by atoms with van der Waals surface area (Å²) in [4.78, 5) is 14.2. The first kappa shape index (κ1) is 8.69. The van der Waals surface area contributed by atoms with Crippen molar-refractivity contribution in [2.45, 2.75) is 24.8 Å². The minimum atomic E-state index is -0.275. The van der Waals surface area contributed by atoms with Crippen LogP contribution in [0, 0.1) is 0 Å². The lowest BCUT2D eigenvalue weighted by Crippen LogP contribution is -2.02. The predicted octanol–water partition coefficient (Wildman–Crippen LogP) is 1.95. The van der Waals surface area contributed by atoms with Crippen molar-refractivity contribution < 1.29 is 9.53 Å². The number of hydrogen-bond donors (Lipinski definition) is 0. The van der Waals surface area contributed by atoms with Crippen molar-refractivity contribution in [2.24, 2.45) is 4.99 Å². The summed E-state index contributed by atoms with van der Waals surface area (Å²) in [5.74, 6) is 0.958. The SMILES string of the molecule is O=C=NC1(c2ccc3c(c2)OCC3)CC1. The summed E-state index contributed by atoms with van der Waals surface area (Å²) >= 11 is 0. The van der Waals surface area contributed by atoms with Gasteiger partial charge >= 0.3 is 0 Å². The minimum Gasteiger partial charge on any atom is -0.493 e. The van der Waals surface area contributed by atoms with Crippen LogP contribution in [0.15, 0.2) is 23.2 Å². The van der Waals surface area contributed by atoms with E-state index in [9.17, 15) is 4.79 Å². The molecule has 0 unspecified atom stereocenters. The van der Waals surface area contributed by atoms with E-state index in [-0.39, 0.29) is 5.54 Å². The van der Waals surface area contributed by atoms with E-state index < -0.39 is 0 Å². The van der Waals surface area contributed by atoms with Gasteiger partial charge < -0.3 is 4.74 Å². The van der Waals surface area contributed by atoms with E-state index >= 15 is 0 Å². The number of aliphatic imine (C=N–C) groups is 1. The summed E-state index contributed by atoms with van der Waals surface area (Å²) in [5, 5.41) is 0. The Bertz CT molecular complexity index is 457. The summed E-state index contributed by atoms with van der Waals surface area (Å²) in [6.07, 6.45) is 4.55. The summed E-state index contributed by atoms with van der Waals surface area (Å²) in [6.45, 7) is 0.767. The lowest BCUT2D eigenvalue weighted by molar-refractivity contribution is 0.356. The van der Waals surface area contributed by atoms with Gasteiger partial charge in [0.05, 0.1) is 12.1 Å². The maximum Gasteiger partial charge on any atom is 0.235 e. The predicted molar refractivity (Wildman–Crippen MR) is 54.7 cm³/mol. The molecule has 0 atom stereocenters. The quantitative estimate of drug-likeness (QED) is 0.542. The van der Waals surface area contributed by atoms with E-state index in [1.165, 1.54) is 5.56 Å². The molecular formula is C12H11NO2. The topological polar surface area (TPSA) is 38.7 Å². The Morgan fingerprint density at radius 2 is 2.27 bits per heavy atom. The molecule has 1 aromatic rings. The van der Waals surface area contributed by atoms with Gasteiger partial charge in [0.25, 0.3) is 0 Å². The Morgan fingerprint density at radius 1 is 1.40 bits per heavy atom. The smallest absolute Gasteiger partial charge is 0.235 e. The molecule has 2 aliphatic rings. The third-order valence-corrected chi connectivity index (χ3v) is 3.22. The molecule has 15 heavy (non-hydrogen) atoms. The van der Waals surface area contributed by atoms with Crippen molar-refractivity contribution in [3.8, 4) is 5.75 Å². The second-order valence-electron chi connectivity index (χ2n) is 4.16. The summed E-state index contributed by atoms with van der Waals surface area (Å²) < 4.78 is 5.50. The standard InChI is InChI=1S/C12H11NO2/c14-8-13-12(4-5-12)10-2-1-9-3-6-15-11(9)7-10/h1-2,7H,3-6H2. The molecule has 0 amide bonds. The molecule has 76 valence electrons. The maximum absolute atomic E-state index is 10.3. The number of carbonyl (C=O) groups excluding carboxylic acids is 1. The summed E-state index contributed by atoms with van der Waals surface area (Å²) in [6, 6.07) is 6.16. The third kappa shape index (κ3) is 1.28. The Labute approximate surface area is 87.8 Å². The largest absolute Gasteiger partial charge is 0.493 e. The Kier molecular flexibility index (Phi) is 1.70. The monoisotopic (exact) mass is 201 g/mol. The maximum atomic E-state index is 10.3. The highest BCUT2D eigenvalue weighted by molar-refractivity contribution is 5.47. The van der Waals surface area contributed by atoms with E-state index in [0.717, 1.165) is 37.2 Å². The average molecular weight is 201 g/mol. The van der Waals surface area contributed by atoms with Crippen LogP contribution in [0.25, 0.3) is 0 Å². The molecule has 0 saturated heterocycles. The molecule has 1 saturated carbocycles. The molecule has 1 fully saturated rings. The number of fused-ring (bicyclic) bond motifs is 1. The Balaban J connectivity index is 2.03. The van der Waals surface area contributed by atoms with Crippen LogP contribution < -0.4 is 4.74 Å². The van der Waals surface area contributed by atoms with Gasteiger partial charge in [0.1, 0.15) is 5.75 Å². The van der Waals surface area contributed by atoms with Gasteiger partial charge in [0, 0.05) is 6.42 Å². The Morgan fingerprint density at radius 3 is 3.00 bits per heavy atom. The molecule has 3 nitrogen and oxygen atoms in total. The van der Waals surface area contributed by atoms with Crippen LogP contribution in [0.5, 0.6) is 5.75 Å². The number of rotatable bonds is 2. The fourth-order valence-electron chi connectivity index (χ4n) is 2.13. The van der Waals surface area contributed by atoms with Crippen molar-refractivity contribution in [3.05, 3.63) is 29.3 Å². The number of ether oxygens (including phenoxy) is 1. The van der Waals surface area contributed by atoms with Gasteiger partial charge in [0.2, 0.25) is 6.08 Å². The second kappa shape index (κ2) is 2.94. The third-order valence-electron chi connectivity index (χ3n) is 3.22. The first-order valence-electron chi connectivity index (χ1n) is 5.19. The van der Waals surface area contributed by atoms with Crippen LogP contribution in [0.1, 0.15) is 24.0 Å². The number of benzene rings is 1. The summed E-state index contributed by atoms with van der Waals surface area (Å²) in [7, 11) is 0. The molecule has 0 aromatic heterocycles. The van der Waals surface area contributed by atoms with E-state index in [0.29, 0.717) is 0 Å². The van der Waals surface area contributed by atoms with E-state index in [4.69, 9.17) is 4.74 Å². The van der Waals surface area contributed by atoms with Gasteiger partial charge in [-0.25, -0.2) is 4.79 Å². The summed E-state index contributed by atoms with van der Waals surface area (Å²) in [5.41, 5.74) is 2.07. The average Bonchev–Trinajstić information content (AvgIpc) is 2.89. The van der Waals surface area contributed by atoms with Gasteiger partial charge in [-0.3, -0.25) is 0 Å². The van der Waals surface area contributed by atoms with Gasteiger partial charge in [-0.1, -0.05) is 12.1 Å². The van der Waals surface area contributed by atoms with Crippen molar-refractivity contribution in [1.29, 1.82) is 0 Å². The number of nitrogens with zero attached hydrogens (tertiary/aromatic N) is 1. The number of isocyanates is 1. The lowest BCUT2D eigenvalue weighted by Gasteiger charge is -2.09. The van der Waals surface area contributed by atoms with Crippen LogP contribution in [0.3, 0.4) is 0 Å². The van der Waals surface area contributed by atoms with E-state index in [1.807, 2.05) is 6.07 Å². The molecule has 3 heteroatoms. The molecule has 0 radical (unpaired) electrons. The fraction of sp³-hybridized carbons (Fsp3) is 0.417. The van der Waals surface area contributed by atoms with E-state index in [1.54, 1.807) is 6.08 Å². The van der Waals surface area contributed by atoms with Crippen molar-refractivity contribution in [3.63, 3.8) is 0 Å². The van der Waals surface area contributed by atoms with Crippen molar-refractivity contribution in [1.82, 2.24) is 0 Å².